The van der Waals surface area contributed by atoms with Gasteiger partial charge in [-0.25, -0.2) is 4.79 Å². The molecule has 6 heteroatoms. The van der Waals surface area contributed by atoms with Crippen molar-refractivity contribution in [1.29, 1.82) is 0 Å². The number of fused-ring (bicyclic) bond motifs is 1. The molecule has 1 saturated heterocycles. The number of nitrogens with zero attached hydrogens (tertiary/aromatic N) is 2. The second-order valence-corrected chi connectivity index (χ2v) is 6.42. The van der Waals surface area contributed by atoms with Gasteiger partial charge in [0.2, 0.25) is 0 Å². The number of halogens is 1. The van der Waals surface area contributed by atoms with Crippen molar-refractivity contribution < 1.29 is 9.53 Å². The number of carbonyl (C=O) groups is 1. The molecular formula is C20H22ClN3O2. The maximum Gasteiger partial charge on any atom is 0.337 e. The smallest absolute Gasteiger partial charge is 0.337 e. The van der Waals surface area contributed by atoms with Crippen molar-refractivity contribution in [2.75, 3.05) is 20.2 Å². The molecule has 3 aromatic rings. The first kappa shape index (κ1) is 18.4. The number of carbonyl (C=O) groups excluding carboxylic acids is 1. The molecule has 0 saturated carbocycles. The van der Waals surface area contributed by atoms with Crippen LogP contribution in [-0.4, -0.2) is 35.9 Å². The molecule has 0 radical (unpaired) electrons. The van der Waals surface area contributed by atoms with Gasteiger partial charge in [-0.3, -0.25) is 4.68 Å². The third-order valence-corrected chi connectivity index (χ3v) is 4.90. The molecular weight excluding hydrogens is 350 g/mol. The van der Waals surface area contributed by atoms with E-state index in [1.165, 1.54) is 7.11 Å². The minimum atomic E-state index is -0.314. The van der Waals surface area contributed by atoms with Gasteiger partial charge in [-0.05, 0) is 54.4 Å². The topological polar surface area (TPSA) is 56.1 Å². The van der Waals surface area contributed by atoms with Crippen LogP contribution < -0.4 is 5.32 Å². The summed E-state index contributed by atoms with van der Waals surface area (Å²) < 4.78 is 6.91. The second-order valence-electron chi connectivity index (χ2n) is 6.42. The Morgan fingerprint density at radius 1 is 1.23 bits per heavy atom. The number of esters is 1. The number of ether oxygens (including phenoxy) is 1. The van der Waals surface area contributed by atoms with E-state index in [1.54, 1.807) is 0 Å². The van der Waals surface area contributed by atoms with Gasteiger partial charge in [-0.15, -0.1) is 12.4 Å². The molecule has 5 nitrogen and oxygen atoms in total. The van der Waals surface area contributed by atoms with E-state index in [1.807, 2.05) is 36.5 Å². The van der Waals surface area contributed by atoms with E-state index in [2.05, 4.69) is 27.4 Å². The highest BCUT2D eigenvalue weighted by Crippen LogP contribution is 2.30. The maximum atomic E-state index is 11.7. The van der Waals surface area contributed by atoms with Crippen molar-refractivity contribution in [3.63, 3.8) is 0 Å². The molecule has 0 aliphatic carbocycles. The van der Waals surface area contributed by atoms with Crippen molar-refractivity contribution in [1.82, 2.24) is 15.1 Å². The zero-order valence-electron chi connectivity index (χ0n) is 14.6. The van der Waals surface area contributed by atoms with E-state index in [4.69, 9.17) is 4.74 Å². The number of aromatic nitrogens is 2. The van der Waals surface area contributed by atoms with Crippen molar-refractivity contribution in [3.05, 3.63) is 54.4 Å². The van der Waals surface area contributed by atoms with Gasteiger partial charge in [0.15, 0.2) is 0 Å². The lowest BCUT2D eigenvalue weighted by atomic mass is 9.99. The summed E-state index contributed by atoms with van der Waals surface area (Å²) in [6.45, 7) is 2.09. The highest BCUT2D eigenvalue weighted by molar-refractivity contribution is 6.01. The van der Waals surface area contributed by atoms with E-state index in [0.717, 1.165) is 47.8 Å². The Morgan fingerprint density at radius 3 is 2.81 bits per heavy atom. The van der Waals surface area contributed by atoms with Gasteiger partial charge >= 0.3 is 5.97 Å². The summed E-state index contributed by atoms with van der Waals surface area (Å²) in [6.07, 6.45) is 6.29. The van der Waals surface area contributed by atoms with Crippen molar-refractivity contribution in [2.45, 2.75) is 18.9 Å². The lowest BCUT2D eigenvalue weighted by molar-refractivity contribution is 0.0601. The number of methoxy groups -OCH3 is 1. The fourth-order valence-corrected chi connectivity index (χ4v) is 3.53. The molecule has 0 atom stereocenters. The van der Waals surface area contributed by atoms with Gasteiger partial charge in [0.05, 0.1) is 24.9 Å². The van der Waals surface area contributed by atoms with Gasteiger partial charge in [0.1, 0.15) is 0 Å². The number of rotatable bonds is 3. The summed E-state index contributed by atoms with van der Waals surface area (Å²) in [7, 11) is 1.40. The number of piperidine rings is 1. The van der Waals surface area contributed by atoms with Gasteiger partial charge in [-0.2, -0.15) is 5.10 Å². The third kappa shape index (κ3) is 3.45. The highest BCUT2D eigenvalue weighted by Gasteiger charge is 2.16. The van der Waals surface area contributed by atoms with Crippen LogP contribution in [0.1, 0.15) is 29.2 Å². The summed E-state index contributed by atoms with van der Waals surface area (Å²) in [5, 5.41) is 10.1. The number of hydrogen-bond acceptors (Lipinski definition) is 4. The van der Waals surface area contributed by atoms with Crippen molar-refractivity contribution >= 4 is 29.1 Å². The molecule has 0 spiro atoms. The summed E-state index contributed by atoms with van der Waals surface area (Å²) in [5.74, 6) is -0.314. The Bertz CT molecular complexity index is 916. The van der Waals surface area contributed by atoms with Crippen LogP contribution in [0.2, 0.25) is 0 Å². The van der Waals surface area contributed by atoms with E-state index < -0.39 is 0 Å². The number of benzene rings is 2. The van der Waals surface area contributed by atoms with Gasteiger partial charge in [-0.1, -0.05) is 24.3 Å². The Kier molecular flexibility index (Phi) is 5.59. The van der Waals surface area contributed by atoms with Crippen LogP contribution in [0.5, 0.6) is 0 Å². The standard InChI is InChI=1S/C20H21N3O2.ClH/c1-25-20(24)15-5-6-19-14(11-15)3-2-4-18(19)16-12-22-23(13-16)17-7-9-21-10-8-17;/h2-6,11-13,17,21H,7-10H2,1H3;1H. The highest BCUT2D eigenvalue weighted by atomic mass is 35.5. The Hall–Kier alpha value is -2.37. The quantitative estimate of drug-likeness (QED) is 0.711. The van der Waals surface area contributed by atoms with Crippen LogP contribution in [0.25, 0.3) is 21.9 Å². The third-order valence-electron chi connectivity index (χ3n) is 4.90. The van der Waals surface area contributed by atoms with Crippen LogP contribution in [0.3, 0.4) is 0 Å². The molecule has 0 amide bonds. The van der Waals surface area contributed by atoms with Crippen LogP contribution in [0.15, 0.2) is 48.8 Å². The minimum Gasteiger partial charge on any atom is -0.465 e. The van der Waals surface area contributed by atoms with E-state index >= 15 is 0 Å². The summed E-state index contributed by atoms with van der Waals surface area (Å²) in [5.41, 5.74) is 2.81. The summed E-state index contributed by atoms with van der Waals surface area (Å²) in [6, 6.07) is 12.3. The zero-order valence-corrected chi connectivity index (χ0v) is 15.5. The molecule has 2 heterocycles. The first-order valence-electron chi connectivity index (χ1n) is 8.62. The molecule has 1 aliphatic heterocycles. The van der Waals surface area contributed by atoms with Crippen LogP contribution in [-0.2, 0) is 4.74 Å². The molecule has 136 valence electrons. The molecule has 4 rings (SSSR count). The zero-order chi connectivity index (χ0) is 17.2. The first-order valence-corrected chi connectivity index (χ1v) is 8.62. The Labute approximate surface area is 158 Å². The summed E-state index contributed by atoms with van der Waals surface area (Å²) >= 11 is 0. The van der Waals surface area contributed by atoms with Gasteiger partial charge < -0.3 is 10.1 Å². The molecule has 0 bridgehead atoms. The largest absolute Gasteiger partial charge is 0.465 e. The van der Waals surface area contributed by atoms with Crippen LogP contribution >= 0.6 is 12.4 Å². The lowest BCUT2D eigenvalue weighted by Crippen LogP contribution is -2.29. The first-order chi connectivity index (χ1) is 12.3. The van der Waals surface area contributed by atoms with Gasteiger partial charge in [0.25, 0.3) is 0 Å². The lowest BCUT2D eigenvalue weighted by Gasteiger charge is -2.22. The van der Waals surface area contributed by atoms with Crippen molar-refractivity contribution in [3.8, 4) is 11.1 Å². The molecule has 1 fully saturated rings. The number of hydrogen-bond donors (Lipinski definition) is 1. The minimum absolute atomic E-state index is 0. The molecule has 1 N–H and O–H groups in total. The summed E-state index contributed by atoms with van der Waals surface area (Å²) in [4.78, 5) is 11.7. The molecule has 1 aliphatic rings. The Balaban J connectivity index is 0.00000196. The Morgan fingerprint density at radius 2 is 2.04 bits per heavy atom. The average Bonchev–Trinajstić information content (AvgIpc) is 3.17. The monoisotopic (exact) mass is 371 g/mol. The number of nitrogens with one attached hydrogen (secondary N) is 1. The van der Waals surface area contributed by atoms with E-state index in [9.17, 15) is 4.79 Å². The van der Waals surface area contributed by atoms with Crippen LogP contribution in [0.4, 0.5) is 0 Å². The normalized spacial score (nSPS) is 14.8. The molecule has 2 aromatic carbocycles. The average molecular weight is 372 g/mol. The van der Waals surface area contributed by atoms with Gasteiger partial charge in [0, 0.05) is 11.8 Å². The van der Waals surface area contributed by atoms with E-state index in [-0.39, 0.29) is 18.4 Å². The van der Waals surface area contributed by atoms with Crippen molar-refractivity contribution in [2.24, 2.45) is 0 Å². The molecule has 0 unspecified atom stereocenters. The fourth-order valence-electron chi connectivity index (χ4n) is 3.53. The predicted molar refractivity (Wildman–Crippen MR) is 105 cm³/mol. The van der Waals surface area contributed by atoms with Crippen LogP contribution in [0, 0.1) is 0 Å². The molecule has 26 heavy (non-hydrogen) atoms. The predicted octanol–water partition coefficient (Wildman–Crippen LogP) is 3.84. The maximum absolute atomic E-state index is 11.7. The SMILES string of the molecule is COC(=O)c1ccc2c(-c3cnn(C4CCNCC4)c3)cccc2c1.Cl. The second kappa shape index (κ2) is 7.89. The fraction of sp³-hybridized carbons (Fsp3) is 0.300. The molecule has 1 aromatic heterocycles. The van der Waals surface area contributed by atoms with E-state index in [0.29, 0.717) is 11.6 Å².